The number of aryl methyl sites for hydroxylation is 2. The highest BCUT2D eigenvalue weighted by Crippen LogP contribution is 2.32. The minimum Gasteiger partial charge on any atom is -0.496 e. The zero-order valence-corrected chi connectivity index (χ0v) is 20.7. The van der Waals surface area contributed by atoms with Crippen LogP contribution in [0.3, 0.4) is 0 Å². The number of ether oxygens (including phenoxy) is 2. The summed E-state index contributed by atoms with van der Waals surface area (Å²) in [5, 5.41) is 12.7. The third-order valence-corrected chi connectivity index (χ3v) is 5.64. The van der Waals surface area contributed by atoms with Gasteiger partial charge in [0, 0.05) is 22.7 Å². The minimum absolute atomic E-state index is 0.109. The molecule has 178 valence electrons. The molecular formula is C28H25ClN2O4. The van der Waals surface area contributed by atoms with Crippen LogP contribution in [-0.4, -0.2) is 26.1 Å². The Bertz CT molecular complexity index is 1320. The number of nitrogens with zero attached hydrogens (tertiary/aromatic N) is 1. The molecule has 0 saturated heterocycles. The molecule has 3 aromatic rings. The van der Waals surface area contributed by atoms with Crippen molar-refractivity contribution in [1.82, 2.24) is 0 Å². The van der Waals surface area contributed by atoms with E-state index in [1.54, 1.807) is 31.4 Å². The van der Waals surface area contributed by atoms with Crippen molar-refractivity contribution in [3.8, 4) is 11.8 Å². The molecule has 0 saturated carbocycles. The van der Waals surface area contributed by atoms with E-state index in [0.29, 0.717) is 34.0 Å². The van der Waals surface area contributed by atoms with Crippen LogP contribution in [0.25, 0.3) is 6.08 Å². The summed E-state index contributed by atoms with van der Waals surface area (Å²) >= 11 is 6.60. The number of carbonyl (C=O) groups excluding carboxylic acids is 2. The summed E-state index contributed by atoms with van der Waals surface area (Å²) < 4.78 is 10.2. The normalized spacial score (nSPS) is 10.9. The third kappa shape index (κ3) is 6.50. The number of benzene rings is 3. The van der Waals surface area contributed by atoms with Gasteiger partial charge < -0.3 is 14.8 Å². The number of methoxy groups -OCH3 is 2. The first kappa shape index (κ1) is 25.5. The average molecular weight is 489 g/mol. The van der Waals surface area contributed by atoms with Gasteiger partial charge >= 0.3 is 5.97 Å². The van der Waals surface area contributed by atoms with Crippen LogP contribution in [0, 0.1) is 25.2 Å². The summed E-state index contributed by atoms with van der Waals surface area (Å²) in [6.45, 7) is 4.09. The van der Waals surface area contributed by atoms with Crippen LogP contribution >= 0.6 is 11.6 Å². The lowest BCUT2D eigenvalue weighted by molar-refractivity contribution is -0.112. The lowest BCUT2D eigenvalue weighted by atomic mass is 9.98. The Kier molecular flexibility index (Phi) is 8.30. The molecular weight excluding hydrogens is 464 g/mol. The van der Waals surface area contributed by atoms with Crippen LogP contribution in [0.5, 0.6) is 5.75 Å². The van der Waals surface area contributed by atoms with Gasteiger partial charge in [0.25, 0.3) is 5.91 Å². The van der Waals surface area contributed by atoms with Crippen molar-refractivity contribution < 1.29 is 19.1 Å². The van der Waals surface area contributed by atoms with E-state index in [1.807, 2.05) is 19.9 Å². The maximum atomic E-state index is 12.7. The number of esters is 1. The number of hydrogen-bond donors (Lipinski definition) is 1. The lowest BCUT2D eigenvalue weighted by Crippen LogP contribution is -2.13. The van der Waals surface area contributed by atoms with Gasteiger partial charge in [0.05, 0.1) is 19.8 Å². The fourth-order valence-corrected chi connectivity index (χ4v) is 4.05. The smallest absolute Gasteiger partial charge is 0.337 e. The number of anilines is 1. The number of nitriles is 1. The quantitative estimate of drug-likeness (QED) is 0.254. The molecule has 1 amide bonds. The molecule has 0 atom stereocenters. The predicted octanol–water partition coefficient (Wildman–Crippen LogP) is 5.89. The van der Waals surface area contributed by atoms with Crippen molar-refractivity contribution in [3.63, 3.8) is 0 Å². The first-order valence-electron chi connectivity index (χ1n) is 10.8. The molecule has 0 bridgehead atoms. The molecule has 0 fully saturated rings. The number of hydrogen-bond acceptors (Lipinski definition) is 5. The van der Waals surface area contributed by atoms with E-state index in [0.717, 1.165) is 11.1 Å². The van der Waals surface area contributed by atoms with Gasteiger partial charge in [-0.25, -0.2) is 4.79 Å². The first-order valence-corrected chi connectivity index (χ1v) is 11.2. The summed E-state index contributed by atoms with van der Waals surface area (Å²) in [4.78, 5) is 24.2. The second-order valence-corrected chi connectivity index (χ2v) is 8.46. The summed E-state index contributed by atoms with van der Waals surface area (Å²) in [6, 6.07) is 17.9. The second-order valence-electron chi connectivity index (χ2n) is 8.05. The number of carbonyl (C=O) groups is 2. The van der Waals surface area contributed by atoms with Crippen molar-refractivity contribution in [2.24, 2.45) is 0 Å². The standard InChI is InChI=1S/C28H25ClN2O4/c1-17-9-18(2)11-19(10-17)13-24-25(29)14-20(15-26(24)34-3)12-22(16-30)27(32)31-23-7-5-21(6-8-23)28(33)35-4/h5-12,14-15H,13H2,1-4H3,(H,31,32)/b22-12+. The molecule has 1 N–H and O–H groups in total. The van der Waals surface area contributed by atoms with Gasteiger partial charge in [0.1, 0.15) is 17.4 Å². The van der Waals surface area contributed by atoms with Crippen LogP contribution in [0.15, 0.2) is 60.2 Å². The van der Waals surface area contributed by atoms with Gasteiger partial charge in [-0.1, -0.05) is 40.9 Å². The molecule has 3 rings (SSSR count). The van der Waals surface area contributed by atoms with Crippen LogP contribution in [0.4, 0.5) is 5.69 Å². The molecule has 0 heterocycles. The highest BCUT2D eigenvalue weighted by Gasteiger charge is 2.15. The molecule has 0 spiro atoms. The molecule has 3 aromatic carbocycles. The maximum absolute atomic E-state index is 12.7. The van der Waals surface area contributed by atoms with Gasteiger partial charge in [-0.05, 0) is 67.4 Å². The minimum atomic E-state index is -0.590. The van der Waals surface area contributed by atoms with E-state index in [9.17, 15) is 14.9 Å². The molecule has 0 aliphatic rings. The average Bonchev–Trinajstić information content (AvgIpc) is 2.83. The van der Waals surface area contributed by atoms with E-state index in [2.05, 4.69) is 28.3 Å². The largest absolute Gasteiger partial charge is 0.496 e. The van der Waals surface area contributed by atoms with Gasteiger partial charge in [-0.3, -0.25) is 4.79 Å². The molecule has 35 heavy (non-hydrogen) atoms. The van der Waals surface area contributed by atoms with E-state index < -0.39 is 11.9 Å². The summed E-state index contributed by atoms with van der Waals surface area (Å²) in [5.41, 5.74) is 5.50. The fraction of sp³-hybridized carbons (Fsp3) is 0.179. The van der Waals surface area contributed by atoms with Crippen LogP contribution in [0.1, 0.15) is 38.2 Å². The van der Waals surface area contributed by atoms with Gasteiger partial charge in [-0.2, -0.15) is 5.26 Å². The van der Waals surface area contributed by atoms with Crippen LogP contribution in [0.2, 0.25) is 5.02 Å². The van der Waals surface area contributed by atoms with Crippen LogP contribution in [-0.2, 0) is 16.0 Å². The molecule has 7 heteroatoms. The predicted molar refractivity (Wildman–Crippen MR) is 137 cm³/mol. The Morgan fingerprint density at radius 1 is 1.03 bits per heavy atom. The maximum Gasteiger partial charge on any atom is 0.337 e. The van der Waals surface area contributed by atoms with Crippen LogP contribution < -0.4 is 10.1 Å². The van der Waals surface area contributed by atoms with Gasteiger partial charge in [0.15, 0.2) is 0 Å². The molecule has 0 aliphatic carbocycles. The topological polar surface area (TPSA) is 88.4 Å². The second kappa shape index (κ2) is 11.4. The number of nitrogens with one attached hydrogen (secondary N) is 1. The monoisotopic (exact) mass is 488 g/mol. The number of halogens is 1. The van der Waals surface area contributed by atoms with Gasteiger partial charge in [0.2, 0.25) is 0 Å². The van der Waals surface area contributed by atoms with Crippen molar-refractivity contribution in [1.29, 1.82) is 5.26 Å². The molecule has 0 radical (unpaired) electrons. The Morgan fingerprint density at radius 3 is 2.26 bits per heavy atom. The Labute approximate surface area is 209 Å². The number of rotatable bonds is 7. The van der Waals surface area contributed by atoms with E-state index >= 15 is 0 Å². The van der Waals surface area contributed by atoms with Crippen molar-refractivity contribution in [2.45, 2.75) is 20.3 Å². The SMILES string of the molecule is COC(=O)c1ccc(NC(=O)/C(C#N)=C/c2cc(Cl)c(Cc3cc(C)cc(C)c3)c(OC)c2)cc1. The van der Waals surface area contributed by atoms with Crippen molar-refractivity contribution in [3.05, 3.63) is 98.6 Å². The summed E-state index contributed by atoms with van der Waals surface area (Å²) in [7, 11) is 2.85. The fourth-order valence-electron chi connectivity index (χ4n) is 3.76. The molecule has 0 unspecified atom stereocenters. The molecule has 6 nitrogen and oxygen atoms in total. The highest BCUT2D eigenvalue weighted by atomic mass is 35.5. The van der Waals surface area contributed by atoms with E-state index in [1.165, 1.54) is 36.4 Å². The third-order valence-electron chi connectivity index (χ3n) is 5.30. The number of amides is 1. The summed E-state index contributed by atoms with van der Waals surface area (Å²) in [5.74, 6) is -0.501. The Hall–Kier alpha value is -4.08. The Balaban J connectivity index is 1.84. The van der Waals surface area contributed by atoms with E-state index in [-0.39, 0.29) is 5.57 Å². The van der Waals surface area contributed by atoms with Crippen molar-refractivity contribution in [2.75, 3.05) is 19.5 Å². The van der Waals surface area contributed by atoms with E-state index in [4.69, 9.17) is 16.3 Å². The zero-order valence-electron chi connectivity index (χ0n) is 19.9. The molecule has 0 aromatic heterocycles. The first-order chi connectivity index (χ1) is 16.7. The van der Waals surface area contributed by atoms with Gasteiger partial charge in [-0.15, -0.1) is 0 Å². The Morgan fingerprint density at radius 2 is 1.69 bits per heavy atom. The zero-order chi connectivity index (χ0) is 25.5. The lowest BCUT2D eigenvalue weighted by Gasteiger charge is -2.13. The summed E-state index contributed by atoms with van der Waals surface area (Å²) in [6.07, 6.45) is 2.04. The highest BCUT2D eigenvalue weighted by molar-refractivity contribution is 6.31. The molecule has 0 aliphatic heterocycles. The van der Waals surface area contributed by atoms with Crippen molar-refractivity contribution >= 4 is 35.2 Å².